The van der Waals surface area contributed by atoms with E-state index in [1.54, 1.807) is 6.07 Å². The molecule has 0 saturated carbocycles. The zero-order valence-electron chi connectivity index (χ0n) is 11.5. The van der Waals surface area contributed by atoms with Gasteiger partial charge in [0.1, 0.15) is 4.21 Å². The van der Waals surface area contributed by atoms with Crippen LogP contribution in [0.1, 0.15) is 32.1 Å². The van der Waals surface area contributed by atoms with Gasteiger partial charge in [0.05, 0.1) is 6.42 Å². The largest absolute Gasteiger partial charge is 0.481 e. The minimum atomic E-state index is -3.59. The third-order valence-electron chi connectivity index (χ3n) is 2.63. The van der Waals surface area contributed by atoms with E-state index in [1.165, 1.54) is 18.4 Å². The fourth-order valence-electron chi connectivity index (χ4n) is 1.39. The smallest absolute Gasteiger partial charge is 0.304 e. The second-order valence-electron chi connectivity index (χ2n) is 5.34. The first kappa shape index (κ1) is 16.1. The van der Waals surface area contributed by atoms with Gasteiger partial charge in [-0.3, -0.25) is 4.79 Å². The molecule has 5 nitrogen and oxygen atoms in total. The van der Waals surface area contributed by atoms with Crippen molar-refractivity contribution in [2.24, 2.45) is 0 Å². The van der Waals surface area contributed by atoms with Gasteiger partial charge in [-0.25, -0.2) is 8.42 Å². The molecule has 7 heteroatoms. The lowest BCUT2D eigenvalue weighted by molar-refractivity contribution is -0.137. The topological polar surface area (TPSA) is 74.7 Å². The predicted molar refractivity (Wildman–Crippen MR) is 75.1 cm³/mol. The van der Waals surface area contributed by atoms with E-state index in [0.29, 0.717) is 0 Å². The second kappa shape index (κ2) is 5.60. The molecule has 0 bridgehead atoms. The molecule has 0 aliphatic rings. The van der Waals surface area contributed by atoms with E-state index in [4.69, 9.17) is 5.11 Å². The highest BCUT2D eigenvalue weighted by atomic mass is 32.2. The summed E-state index contributed by atoms with van der Waals surface area (Å²) in [5, 5.41) is 8.59. The summed E-state index contributed by atoms with van der Waals surface area (Å²) in [5.41, 5.74) is -0.0991. The van der Waals surface area contributed by atoms with Crippen molar-refractivity contribution in [1.82, 2.24) is 4.31 Å². The molecule has 1 aromatic rings. The van der Waals surface area contributed by atoms with Crippen LogP contribution in [-0.4, -0.2) is 37.4 Å². The van der Waals surface area contributed by atoms with Crippen molar-refractivity contribution in [1.29, 1.82) is 0 Å². The molecule has 0 saturated heterocycles. The SMILES string of the molecule is CN(CCC(=O)O)S(=O)(=O)c1ccc(C(C)(C)C)s1. The van der Waals surface area contributed by atoms with E-state index >= 15 is 0 Å². The van der Waals surface area contributed by atoms with Crippen LogP contribution in [0.15, 0.2) is 16.3 Å². The standard InChI is InChI=1S/C12H19NO4S2/c1-12(2,3)9-5-6-11(18-9)19(16,17)13(4)8-7-10(14)15/h5-6H,7-8H2,1-4H3,(H,14,15). The Morgan fingerprint density at radius 2 is 1.95 bits per heavy atom. The normalized spacial score (nSPS) is 12.9. The van der Waals surface area contributed by atoms with Crippen LogP contribution >= 0.6 is 11.3 Å². The fraction of sp³-hybridized carbons (Fsp3) is 0.583. The lowest BCUT2D eigenvalue weighted by atomic mass is 9.95. The maximum absolute atomic E-state index is 12.2. The van der Waals surface area contributed by atoms with Gasteiger partial charge < -0.3 is 5.11 Å². The van der Waals surface area contributed by atoms with Gasteiger partial charge in [-0.15, -0.1) is 11.3 Å². The zero-order valence-corrected chi connectivity index (χ0v) is 13.1. The molecule has 0 aliphatic carbocycles. The van der Waals surface area contributed by atoms with Crippen molar-refractivity contribution in [3.8, 4) is 0 Å². The first-order valence-corrected chi connectivity index (χ1v) is 8.09. The highest BCUT2D eigenvalue weighted by Gasteiger charge is 2.25. The molecule has 0 amide bonds. The van der Waals surface area contributed by atoms with E-state index in [9.17, 15) is 13.2 Å². The molecule has 19 heavy (non-hydrogen) atoms. The molecule has 0 atom stereocenters. The number of hydrogen-bond donors (Lipinski definition) is 1. The third-order valence-corrected chi connectivity index (χ3v) is 6.46. The van der Waals surface area contributed by atoms with Crippen LogP contribution in [0.5, 0.6) is 0 Å². The number of nitrogens with zero attached hydrogens (tertiary/aromatic N) is 1. The van der Waals surface area contributed by atoms with Crippen molar-refractivity contribution in [3.63, 3.8) is 0 Å². The Morgan fingerprint density at radius 1 is 1.37 bits per heavy atom. The maximum Gasteiger partial charge on any atom is 0.304 e. The molecule has 1 aromatic heterocycles. The van der Waals surface area contributed by atoms with Gasteiger partial charge in [-0.1, -0.05) is 20.8 Å². The average Bonchev–Trinajstić information content (AvgIpc) is 2.74. The van der Waals surface area contributed by atoms with E-state index in [0.717, 1.165) is 9.18 Å². The van der Waals surface area contributed by atoms with Gasteiger partial charge in [-0.05, 0) is 17.5 Å². The Labute approximate surface area is 117 Å². The highest BCUT2D eigenvalue weighted by molar-refractivity contribution is 7.91. The number of thiophene rings is 1. The number of aliphatic carboxylic acids is 1. The summed E-state index contributed by atoms with van der Waals surface area (Å²) in [5.74, 6) is -1.01. The number of hydrogen-bond acceptors (Lipinski definition) is 4. The number of sulfonamides is 1. The molecular formula is C12H19NO4S2. The molecule has 1 rings (SSSR count). The molecule has 1 N–H and O–H groups in total. The maximum atomic E-state index is 12.2. The van der Waals surface area contributed by atoms with Crippen molar-refractivity contribution >= 4 is 27.3 Å². The highest BCUT2D eigenvalue weighted by Crippen LogP contribution is 2.32. The van der Waals surface area contributed by atoms with Gasteiger partial charge in [0.25, 0.3) is 10.0 Å². The van der Waals surface area contributed by atoms with E-state index in [2.05, 4.69) is 0 Å². The summed E-state index contributed by atoms with van der Waals surface area (Å²) < 4.78 is 25.8. The van der Waals surface area contributed by atoms with Crippen LogP contribution in [0, 0.1) is 0 Å². The summed E-state index contributed by atoms with van der Waals surface area (Å²) in [6, 6.07) is 3.39. The molecule has 0 unspecified atom stereocenters. The molecule has 0 fully saturated rings. The fourth-order valence-corrected chi connectivity index (χ4v) is 4.13. The summed E-state index contributed by atoms with van der Waals surface area (Å²) in [4.78, 5) is 11.5. The van der Waals surface area contributed by atoms with Gasteiger partial charge in [0.15, 0.2) is 0 Å². The number of carboxylic acids is 1. The molecule has 1 heterocycles. The van der Waals surface area contributed by atoms with Crippen molar-refractivity contribution in [2.75, 3.05) is 13.6 Å². The minimum absolute atomic E-state index is 0.0274. The minimum Gasteiger partial charge on any atom is -0.481 e. The summed E-state index contributed by atoms with van der Waals surface area (Å²) >= 11 is 1.23. The summed E-state index contributed by atoms with van der Waals surface area (Å²) in [6.45, 7) is 6.02. The Morgan fingerprint density at radius 3 is 2.37 bits per heavy atom. The molecule has 108 valence electrons. The third kappa shape index (κ3) is 4.02. The Kier molecular flexibility index (Phi) is 4.76. The summed E-state index contributed by atoms with van der Waals surface area (Å²) in [7, 11) is -2.19. The monoisotopic (exact) mass is 305 g/mol. The van der Waals surface area contributed by atoms with Gasteiger partial charge in [0, 0.05) is 18.5 Å². The van der Waals surface area contributed by atoms with Crippen molar-refractivity contribution in [3.05, 3.63) is 17.0 Å². The second-order valence-corrected chi connectivity index (χ2v) is 8.69. The summed E-state index contributed by atoms with van der Waals surface area (Å²) in [6.07, 6.45) is -0.201. The van der Waals surface area contributed by atoms with Crippen molar-refractivity contribution in [2.45, 2.75) is 36.8 Å². The van der Waals surface area contributed by atoms with Crippen LogP contribution in [0.2, 0.25) is 0 Å². The van der Waals surface area contributed by atoms with Crippen LogP contribution in [0.25, 0.3) is 0 Å². The quantitative estimate of drug-likeness (QED) is 0.904. The van der Waals surface area contributed by atoms with Gasteiger partial charge in [0.2, 0.25) is 0 Å². The van der Waals surface area contributed by atoms with E-state index in [1.807, 2.05) is 26.8 Å². The Balaban J connectivity index is 2.94. The molecule has 0 aliphatic heterocycles. The van der Waals surface area contributed by atoms with Crippen LogP contribution in [-0.2, 0) is 20.2 Å². The average molecular weight is 305 g/mol. The lowest BCUT2D eigenvalue weighted by Crippen LogP contribution is -2.28. The van der Waals surface area contributed by atoms with Crippen LogP contribution in [0.3, 0.4) is 0 Å². The van der Waals surface area contributed by atoms with E-state index in [-0.39, 0.29) is 22.6 Å². The Bertz CT molecular complexity index is 555. The number of carbonyl (C=O) groups is 1. The first-order valence-electron chi connectivity index (χ1n) is 5.83. The molecule has 0 aromatic carbocycles. The number of rotatable bonds is 5. The molecular weight excluding hydrogens is 286 g/mol. The van der Waals surface area contributed by atoms with Gasteiger partial charge >= 0.3 is 5.97 Å². The molecule has 0 radical (unpaired) electrons. The lowest BCUT2D eigenvalue weighted by Gasteiger charge is -2.16. The predicted octanol–water partition coefficient (Wildman–Crippen LogP) is 2.14. The van der Waals surface area contributed by atoms with Gasteiger partial charge in [-0.2, -0.15) is 4.31 Å². The first-order chi connectivity index (χ1) is 8.55. The van der Waals surface area contributed by atoms with Crippen molar-refractivity contribution < 1.29 is 18.3 Å². The van der Waals surface area contributed by atoms with Crippen LogP contribution < -0.4 is 0 Å². The molecule has 0 spiro atoms. The van der Waals surface area contributed by atoms with Crippen LogP contribution in [0.4, 0.5) is 0 Å². The Hall–Kier alpha value is -0.920. The number of carboxylic acid groups (broad SMARTS) is 1. The van der Waals surface area contributed by atoms with E-state index < -0.39 is 16.0 Å². The zero-order chi connectivity index (χ0) is 14.8.